The quantitative estimate of drug-likeness (QED) is 0.927. The summed E-state index contributed by atoms with van der Waals surface area (Å²) in [7, 11) is 0. The first kappa shape index (κ1) is 12.5. The van der Waals surface area contributed by atoms with Crippen LogP contribution in [-0.2, 0) is 6.42 Å². The van der Waals surface area contributed by atoms with Crippen LogP contribution in [0.1, 0.15) is 22.4 Å². The normalized spacial score (nSPS) is 12.7. The van der Waals surface area contributed by atoms with Gasteiger partial charge in [0.25, 0.3) is 0 Å². The minimum atomic E-state index is -0.825. The Morgan fingerprint density at radius 3 is 2.88 bits per heavy atom. The van der Waals surface area contributed by atoms with Gasteiger partial charge in [-0.25, -0.2) is 9.37 Å². The van der Waals surface area contributed by atoms with Gasteiger partial charge in [0.15, 0.2) is 0 Å². The van der Waals surface area contributed by atoms with Crippen molar-refractivity contribution in [3.8, 4) is 0 Å². The molecule has 0 amide bonds. The Morgan fingerprint density at radius 1 is 1.53 bits per heavy atom. The molecular weight excluding hydrogens is 261 g/mol. The molecule has 0 saturated carbocycles. The van der Waals surface area contributed by atoms with Crippen molar-refractivity contribution in [2.75, 3.05) is 0 Å². The van der Waals surface area contributed by atoms with E-state index in [9.17, 15) is 9.50 Å². The first-order chi connectivity index (χ1) is 8.08. The molecule has 0 bridgehead atoms. The highest BCUT2D eigenvalue weighted by molar-refractivity contribution is 7.09. The molecule has 2 aromatic rings. The molecule has 1 unspecified atom stereocenters. The number of thiazole rings is 1. The minimum Gasteiger partial charge on any atom is -0.386 e. The maximum Gasteiger partial charge on any atom is 0.127 e. The van der Waals surface area contributed by atoms with Crippen LogP contribution in [0.5, 0.6) is 0 Å². The lowest BCUT2D eigenvalue weighted by atomic mass is 10.1. The lowest BCUT2D eigenvalue weighted by Gasteiger charge is -2.10. The largest absolute Gasteiger partial charge is 0.386 e. The molecule has 0 aliphatic rings. The van der Waals surface area contributed by atoms with E-state index in [2.05, 4.69) is 4.98 Å². The van der Waals surface area contributed by atoms with E-state index in [1.54, 1.807) is 17.5 Å². The third kappa shape index (κ3) is 2.83. The number of nitrogens with zero attached hydrogens (tertiary/aromatic N) is 1. The lowest BCUT2D eigenvalue weighted by molar-refractivity contribution is 0.173. The van der Waals surface area contributed by atoms with Crippen molar-refractivity contribution in [3.63, 3.8) is 0 Å². The van der Waals surface area contributed by atoms with Gasteiger partial charge in [0.05, 0.1) is 10.7 Å². The molecule has 1 aromatic carbocycles. The SMILES string of the molecule is Cc1nc(C(O)Cc2c(F)cccc2Cl)cs1. The number of rotatable bonds is 3. The van der Waals surface area contributed by atoms with Crippen LogP contribution in [-0.4, -0.2) is 10.1 Å². The van der Waals surface area contributed by atoms with Crippen molar-refractivity contribution in [2.45, 2.75) is 19.4 Å². The monoisotopic (exact) mass is 271 g/mol. The maximum atomic E-state index is 13.5. The molecule has 1 atom stereocenters. The second kappa shape index (κ2) is 5.12. The van der Waals surface area contributed by atoms with Crippen molar-refractivity contribution in [3.05, 3.63) is 50.7 Å². The highest BCUT2D eigenvalue weighted by Gasteiger charge is 2.16. The van der Waals surface area contributed by atoms with Gasteiger partial charge >= 0.3 is 0 Å². The van der Waals surface area contributed by atoms with Gasteiger partial charge in [-0.15, -0.1) is 11.3 Å². The van der Waals surface area contributed by atoms with Gasteiger partial charge in [0, 0.05) is 22.4 Å². The zero-order chi connectivity index (χ0) is 12.4. The molecular formula is C12H11ClFNOS. The maximum absolute atomic E-state index is 13.5. The molecule has 1 aromatic heterocycles. The summed E-state index contributed by atoms with van der Waals surface area (Å²) in [5.74, 6) is -0.400. The molecule has 0 radical (unpaired) electrons. The zero-order valence-corrected chi connectivity index (χ0v) is 10.7. The first-order valence-electron chi connectivity index (χ1n) is 5.11. The van der Waals surface area contributed by atoms with Crippen LogP contribution in [0.3, 0.4) is 0 Å². The number of benzene rings is 1. The van der Waals surface area contributed by atoms with E-state index in [1.807, 2.05) is 6.92 Å². The van der Waals surface area contributed by atoms with Crippen LogP contribution in [0.25, 0.3) is 0 Å². The Labute approximate surface area is 108 Å². The minimum absolute atomic E-state index is 0.134. The zero-order valence-electron chi connectivity index (χ0n) is 9.15. The van der Waals surface area contributed by atoms with Crippen molar-refractivity contribution in [1.29, 1.82) is 0 Å². The Hall–Kier alpha value is -0.970. The highest BCUT2D eigenvalue weighted by atomic mass is 35.5. The topological polar surface area (TPSA) is 33.1 Å². The van der Waals surface area contributed by atoms with Gasteiger partial charge in [-0.2, -0.15) is 0 Å². The molecule has 1 N–H and O–H groups in total. The Bertz CT molecular complexity index is 509. The molecule has 0 aliphatic heterocycles. The van der Waals surface area contributed by atoms with Gasteiger partial charge < -0.3 is 5.11 Å². The van der Waals surface area contributed by atoms with Gasteiger partial charge in [0.2, 0.25) is 0 Å². The summed E-state index contributed by atoms with van der Waals surface area (Å²) in [6, 6.07) is 4.49. The summed E-state index contributed by atoms with van der Waals surface area (Å²) in [5, 5.41) is 12.9. The van der Waals surface area contributed by atoms with Crippen molar-refractivity contribution >= 4 is 22.9 Å². The van der Waals surface area contributed by atoms with Crippen LogP contribution in [0, 0.1) is 12.7 Å². The van der Waals surface area contributed by atoms with E-state index in [0.29, 0.717) is 16.3 Å². The number of aliphatic hydroxyl groups is 1. The number of halogens is 2. The van der Waals surface area contributed by atoms with Gasteiger partial charge in [0.1, 0.15) is 11.9 Å². The Balaban J connectivity index is 2.21. The van der Waals surface area contributed by atoms with Crippen LogP contribution < -0.4 is 0 Å². The second-order valence-electron chi connectivity index (χ2n) is 3.71. The van der Waals surface area contributed by atoms with E-state index in [1.165, 1.54) is 17.4 Å². The summed E-state index contributed by atoms with van der Waals surface area (Å²) in [4.78, 5) is 4.17. The fourth-order valence-electron chi connectivity index (χ4n) is 1.56. The van der Waals surface area contributed by atoms with E-state index < -0.39 is 11.9 Å². The predicted octanol–water partition coefficient (Wildman–Crippen LogP) is 3.52. The molecule has 0 spiro atoms. The Morgan fingerprint density at radius 2 is 2.29 bits per heavy atom. The van der Waals surface area contributed by atoms with Crippen molar-refractivity contribution < 1.29 is 9.50 Å². The van der Waals surface area contributed by atoms with E-state index in [-0.39, 0.29) is 6.42 Å². The average molecular weight is 272 g/mol. The predicted molar refractivity (Wildman–Crippen MR) is 66.9 cm³/mol. The van der Waals surface area contributed by atoms with Gasteiger partial charge in [-0.05, 0) is 19.1 Å². The molecule has 2 nitrogen and oxygen atoms in total. The number of hydrogen-bond acceptors (Lipinski definition) is 3. The number of aliphatic hydroxyl groups excluding tert-OH is 1. The fourth-order valence-corrected chi connectivity index (χ4v) is 2.46. The first-order valence-corrected chi connectivity index (χ1v) is 6.36. The molecule has 90 valence electrons. The summed E-state index contributed by atoms with van der Waals surface area (Å²) in [6.45, 7) is 1.86. The van der Waals surface area contributed by atoms with Crippen molar-refractivity contribution in [1.82, 2.24) is 4.98 Å². The van der Waals surface area contributed by atoms with Crippen molar-refractivity contribution in [2.24, 2.45) is 0 Å². The molecule has 0 saturated heterocycles. The van der Waals surface area contributed by atoms with Gasteiger partial charge in [-0.3, -0.25) is 0 Å². The lowest BCUT2D eigenvalue weighted by Crippen LogP contribution is -2.04. The molecule has 0 fully saturated rings. The van der Waals surface area contributed by atoms with Crippen LogP contribution in [0.2, 0.25) is 5.02 Å². The summed E-state index contributed by atoms with van der Waals surface area (Å²) < 4.78 is 13.5. The van der Waals surface area contributed by atoms with Crippen LogP contribution in [0.4, 0.5) is 4.39 Å². The molecule has 0 aliphatic carbocycles. The highest BCUT2D eigenvalue weighted by Crippen LogP contribution is 2.26. The average Bonchev–Trinajstić information content (AvgIpc) is 2.70. The second-order valence-corrected chi connectivity index (χ2v) is 5.18. The molecule has 5 heteroatoms. The smallest absolute Gasteiger partial charge is 0.127 e. The third-order valence-corrected chi connectivity index (χ3v) is 3.58. The van der Waals surface area contributed by atoms with E-state index in [0.717, 1.165) is 5.01 Å². The standard InChI is InChI=1S/C12H11ClFNOS/c1-7-15-11(6-17-7)12(16)5-8-9(13)3-2-4-10(8)14/h2-4,6,12,16H,5H2,1H3. The summed E-state index contributed by atoms with van der Waals surface area (Å²) >= 11 is 7.35. The summed E-state index contributed by atoms with van der Waals surface area (Å²) in [6.07, 6.45) is -0.691. The molecule has 1 heterocycles. The third-order valence-electron chi connectivity index (χ3n) is 2.44. The number of hydrogen-bond donors (Lipinski definition) is 1. The van der Waals surface area contributed by atoms with Crippen LogP contribution >= 0.6 is 22.9 Å². The fraction of sp³-hybridized carbons (Fsp3) is 0.250. The molecule has 17 heavy (non-hydrogen) atoms. The van der Waals surface area contributed by atoms with Gasteiger partial charge in [-0.1, -0.05) is 17.7 Å². The summed E-state index contributed by atoms with van der Waals surface area (Å²) in [5.41, 5.74) is 0.888. The van der Waals surface area contributed by atoms with E-state index in [4.69, 9.17) is 11.6 Å². The molecule has 2 rings (SSSR count). The Kier molecular flexibility index (Phi) is 3.76. The number of aryl methyl sites for hydroxylation is 1. The number of aromatic nitrogens is 1. The van der Waals surface area contributed by atoms with E-state index >= 15 is 0 Å². The van der Waals surface area contributed by atoms with Crippen LogP contribution in [0.15, 0.2) is 23.6 Å².